The molecule has 3 aromatic rings. The molecular weight excluding hydrogens is 289 g/mol. The van der Waals surface area contributed by atoms with Gasteiger partial charge in [-0.3, -0.25) is 0 Å². The summed E-state index contributed by atoms with van der Waals surface area (Å²) in [5, 5.41) is 3.76. The van der Waals surface area contributed by atoms with Crippen molar-refractivity contribution in [2.75, 3.05) is 0 Å². The Balaban J connectivity index is 1.63. The van der Waals surface area contributed by atoms with Crippen molar-refractivity contribution in [3.05, 3.63) is 95.8 Å². The van der Waals surface area contributed by atoms with Crippen LogP contribution in [0.15, 0.2) is 84.0 Å². The van der Waals surface area contributed by atoms with Gasteiger partial charge in [0, 0.05) is 5.56 Å². The molecule has 113 valence electrons. The maximum Gasteiger partial charge on any atom is 0.142 e. The number of halogens is 1. The Bertz CT molecular complexity index is 800. The highest BCUT2D eigenvalue weighted by Crippen LogP contribution is 2.20. The zero-order chi connectivity index (χ0) is 15.9. The molecule has 0 aliphatic carbocycles. The Labute approximate surface area is 134 Å². The van der Waals surface area contributed by atoms with Crippen LogP contribution in [0.1, 0.15) is 11.1 Å². The summed E-state index contributed by atoms with van der Waals surface area (Å²) >= 11 is 0. The first-order chi connectivity index (χ1) is 11.3. The number of hydrogen-bond acceptors (Lipinski definition) is 2. The normalized spacial score (nSPS) is 10.8. The molecule has 3 heteroatoms. The van der Waals surface area contributed by atoms with E-state index < -0.39 is 0 Å². The molecular formula is C20H15FNO. The summed E-state index contributed by atoms with van der Waals surface area (Å²) in [4.78, 5) is 5.25. The zero-order valence-electron chi connectivity index (χ0n) is 12.4. The second-order valence-corrected chi connectivity index (χ2v) is 5.05. The number of nitrogens with zero attached hydrogens (tertiary/aromatic N) is 1. The van der Waals surface area contributed by atoms with Gasteiger partial charge in [-0.25, -0.2) is 4.39 Å². The topological polar surface area (TPSA) is 21.6 Å². The average Bonchev–Trinajstić information content (AvgIpc) is 2.60. The first-order valence-electron chi connectivity index (χ1n) is 7.29. The molecule has 2 nitrogen and oxygen atoms in total. The minimum absolute atomic E-state index is 0.319. The van der Waals surface area contributed by atoms with Crippen molar-refractivity contribution >= 4 is 6.21 Å². The summed E-state index contributed by atoms with van der Waals surface area (Å²) in [6.07, 6.45) is 2.66. The lowest BCUT2D eigenvalue weighted by atomic mass is 10.0. The zero-order valence-corrected chi connectivity index (χ0v) is 12.4. The second kappa shape index (κ2) is 7.36. The second-order valence-electron chi connectivity index (χ2n) is 5.05. The van der Waals surface area contributed by atoms with Crippen LogP contribution in [-0.4, -0.2) is 6.21 Å². The number of rotatable bonds is 5. The molecule has 0 N–H and O–H groups in total. The Morgan fingerprint density at radius 1 is 0.826 bits per heavy atom. The fourth-order valence-electron chi connectivity index (χ4n) is 2.22. The molecule has 0 amide bonds. The first-order valence-corrected chi connectivity index (χ1v) is 7.29. The molecule has 1 radical (unpaired) electrons. The third-order valence-electron chi connectivity index (χ3n) is 3.33. The molecule has 0 aromatic heterocycles. The first kappa shape index (κ1) is 15.0. The lowest BCUT2D eigenvalue weighted by Crippen LogP contribution is -1.89. The molecule has 0 unspecified atom stereocenters. The maximum atomic E-state index is 13.0. The summed E-state index contributed by atoms with van der Waals surface area (Å²) in [6.45, 7) is 0.336. The monoisotopic (exact) mass is 304 g/mol. The molecule has 23 heavy (non-hydrogen) atoms. The summed E-state index contributed by atoms with van der Waals surface area (Å²) in [6, 6.07) is 24.3. The van der Waals surface area contributed by atoms with Crippen LogP contribution in [0.5, 0.6) is 0 Å². The minimum atomic E-state index is -0.319. The quantitative estimate of drug-likeness (QED) is 0.484. The highest BCUT2D eigenvalue weighted by Gasteiger charge is 1.99. The van der Waals surface area contributed by atoms with Gasteiger partial charge in [0.25, 0.3) is 0 Å². The fourth-order valence-corrected chi connectivity index (χ4v) is 2.22. The SMILES string of the molecule is Fc1cccc(/[C]=N\OCc2cccc(-c3ccccc3)c2)c1. The van der Waals surface area contributed by atoms with Gasteiger partial charge in [0.15, 0.2) is 0 Å². The summed E-state index contributed by atoms with van der Waals surface area (Å²) in [5.74, 6) is -0.319. The van der Waals surface area contributed by atoms with E-state index in [-0.39, 0.29) is 5.82 Å². The summed E-state index contributed by atoms with van der Waals surface area (Å²) in [7, 11) is 0. The number of hydrogen-bond donors (Lipinski definition) is 0. The van der Waals surface area contributed by atoms with E-state index in [1.54, 1.807) is 12.1 Å². The van der Waals surface area contributed by atoms with Crippen LogP contribution in [0, 0.1) is 5.82 Å². The third-order valence-corrected chi connectivity index (χ3v) is 3.33. The molecule has 0 saturated carbocycles. The van der Waals surface area contributed by atoms with E-state index in [9.17, 15) is 4.39 Å². The highest BCUT2D eigenvalue weighted by atomic mass is 19.1. The molecule has 3 rings (SSSR count). The van der Waals surface area contributed by atoms with Crippen molar-refractivity contribution in [2.24, 2.45) is 5.16 Å². The Kier molecular flexibility index (Phi) is 4.79. The third kappa shape index (κ3) is 4.27. The van der Waals surface area contributed by atoms with E-state index >= 15 is 0 Å². The smallest absolute Gasteiger partial charge is 0.142 e. The lowest BCUT2D eigenvalue weighted by Gasteiger charge is -2.04. The molecule has 0 atom stereocenters. The van der Waals surface area contributed by atoms with E-state index in [2.05, 4.69) is 35.6 Å². The van der Waals surface area contributed by atoms with Crippen LogP contribution >= 0.6 is 0 Å². The van der Waals surface area contributed by atoms with Crippen molar-refractivity contribution in [1.29, 1.82) is 0 Å². The van der Waals surface area contributed by atoms with Crippen LogP contribution in [0.4, 0.5) is 4.39 Å². The van der Waals surface area contributed by atoms with E-state index in [1.807, 2.05) is 30.3 Å². The lowest BCUT2D eigenvalue weighted by molar-refractivity contribution is 0.132. The van der Waals surface area contributed by atoms with Crippen LogP contribution in [-0.2, 0) is 11.4 Å². The Hall–Kier alpha value is -2.94. The van der Waals surface area contributed by atoms with Crippen LogP contribution in [0.25, 0.3) is 11.1 Å². The van der Waals surface area contributed by atoms with Gasteiger partial charge in [0.2, 0.25) is 0 Å². The Morgan fingerprint density at radius 2 is 1.61 bits per heavy atom. The number of benzene rings is 3. The van der Waals surface area contributed by atoms with Crippen LogP contribution < -0.4 is 0 Å². The van der Waals surface area contributed by atoms with Gasteiger partial charge in [0.05, 0.1) is 0 Å². The molecule has 3 aromatic carbocycles. The van der Waals surface area contributed by atoms with Crippen molar-refractivity contribution < 1.29 is 9.23 Å². The van der Waals surface area contributed by atoms with Gasteiger partial charge in [-0.15, -0.1) is 0 Å². The summed E-state index contributed by atoms with van der Waals surface area (Å²) in [5.41, 5.74) is 3.84. The van der Waals surface area contributed by atoms with Crippen LogP contribution in [0.3, 0.4) is 0 Å². The van der Waals surface area contributed by atoms with Gasteiger partial charge in [-0.1, -0.05) is 65.8 Å². The van der Waals surface area contributed by atoms with Crippen molar-refractivity contribution in [2.45, 2.75) is 6.61 Å². The molecule has 0 aliphatic rings. The molecule has 0 bridgehead atoms. The average molecular weight is 304 g/mol. The maximum absolute atomic E-state index is 13.0. The van der Waals surface area contributed by atoms with E-state index in [4.69, 9.17) is 4.84 Å². The molecule has 0 aliphatic heterocycles. The standard InChI is InChI=1S/C20H15FNO/c21-20-11-5-6-16(13-20)14-22-23-15-17-7-4-10-19(12-17)18-8-2-1-3-9-18/h1-13H,15H2. The predicted octanol–water partition coefficient (Wildman–Crippen LogP) is 4.92. The van der Waals surface area contributed by atoms with Gasteiger partial charge in [-0.2, -0.15) is 0 Å². The minimum Gasteiger partial charge on any atom is -0.390 e. The van der Waals surface area contributed by atoms with E-state index in [0.29, 0.717) is 12.2 Å². The van der Waals surface area contributed by atoms with Gasteiger partial charge >= 0.3 is 0 Å². The van der Waals surface area contributed by atoms with Gasteiger partial charge in [-0.05, 0) is 34.9 Å². The largest absolute Gasteiger partial charge is 0.390 e. The molecule has 0 spiro atoms. The van der Waals surface area contributed by atoms with Crippen molar-refractivity contribution in [3.63, 3.8) is 0 Å². The summed E-state index contributed by atoms with van der Waals surface area (Å²) < 4.78 is 13.0. The molecule has 0 heterocycles. The van der Waals surface area contributed by atoms with Gasteiger partial charge < -0.3 is 4.84 Å². The van der Waals surface area contributed by atoms with Gasteiger partial charge in [0.1, 0.15) is 18.6 Å². The van der Waals surface area contributed by atoms with Crippen molar-refractivity contribution in [1.82, 2.24) is 0 Å². The van der Waals surface area contributed by atoms with Crippen molar-refractivity contribution in [3.8, 4) is 11.1 Å². The molecule has 0 fully saturated rings. The Morgan fingerprint density at radius 3 is 2.43 bits per heavy atom. The van der Waals surface area contributed by atoms with Crippen LogP contribution in [0.2, 0.25) is 0 Å². The van der Waals surface area contributed by atoms with E-state index in [0.717, 1.165) is 16.7 Å². The molecule has 0 saturated heterocycles. The highest BCUT2D eigenvalue weighted by molar-refractivity contribution is 5.78. The fraction of sp³-hybridized carbons (Fsp3) is 0.0500. The predicted molar refractivity (Wildman–Crippen MR) is 89.6 cm³/mol. The van der Waals surface area contributed by atoms with E-state index in [1.165, 1.54) is 12.1 Å².